The molecule has 5 nitrogen and oxygen atoms in total. The Bertz CT molecular complexity index is 567. The zero-order chi connectivity index (χ0) is 13.3. The molecule has 0 unspecified atom stereocenters. The molecule has 0 atom stereocenters. The second-order valence-corrected chi connectivity index (χ2v) is 4.81. The van der Waals surface area contributed by atoms with Crippen LogP contribution in [0.15, 0.2) is 24.3 Å². The predicted octanol–water partition coefficient (Wildman–Crippen LogP) is 1.02. The first-order chi connectivity index (χ1) is 8.52. The van der Waals surface area contributed by atoms with Crippen molar-refractivity contribution in [3.63, 3.8) is 0 Å². The van der Waals surface area contributed by atoms with Crippen LogP contribution in [0.5, 0.6) is 0 Å². The van der Waals surface area contributed by atoms with E-state index in [0.29, 0.717) is 5.69 Å². The third-order valence-corrected chi connectivity index (χ3v) is 3.23. The Morgan fingerprint density at radius 3 is 2.56 bits per heavy atom. The molecule has 92 valence electrons. The zero-order valence-electron chi connectivity index (χ0n) is 9.50. The van der Waals surface area contributed by atoms with E-state index in [2.05, 4.69) is 0 Å². The van der Waals surface area contributed by atoms with E-state index in [0.717, 1.165) is 16.7 Å². The Morgan fingerprint density at radius 2 is 1.89 bits per heavy atom. The molecule has 1 heterocycles. The van der Waals surface area contributed by atoms with Crippen molar-refractivity contribution in [1.29, 1.82) is 0 Å². The van der Waals surface area contributed by atoms with Gasteiger partial charge in [0.05, 0.1) is 17.0 Å². The van der Waals surface area contributed by atoms with Gasteiger partial charge in [0.15, 0.2) is 5.12 Å². The number of thioether (sulfide) groups is 1. The number of amides is 2. The van der Waals surface area contributed by atoms with Gasteiger partial charge in [-0.1, -0.05) is 23.9 Å². The Hall–Kier alpha value is -1.95. The number of ketones is 1. The summed E-state index contributed by atoms with van der Waals surface area (Å²) in [6.07, 6.45) is 0. The largest absolute Gasteiger partial charge is 0.306 e. The molecule has 0 saturated carbocycles. The molecular formula is C12H9NO4S. The Labute approximate surface area is 107 Å². The second-order valence-electron chi connectivity index (χ2n) is 3.66. The topological polar surface area (TPSA) is 71.5 Å². The number of para-hydroxylation sites is 1. The highest BCUT2D eigenvalue weighted by molar-refractivity contribution is 8.14. The van der Waals surface area contributed by atoms with Gasteiger partial charge >= 0.3 is 5.91 Å². The standard InChI is InChI=1S/C12H9NO4S/c1-7(14)18-6-10(15)13-9-5-3-2-4-8(9)11(16)12(13)17/h2-5H,6H2,1H3. The lowest BCUT2D eigenvalue weighted by Gasteiger charge is -2.13. The van der Waals surface area contributed by atoms with Gasteiger partial charge in [-0.15, -0.1) is 0 Å². The predicted molar refractivity (Wildman–Crippen MR) is 66.4 cm³/mol. The summed E-state index contributed by atoms with van der Waals surface area (Å²) in [6, 6.07) is 6.31. The minimum Gasteiger partial charge on any atom is -0.288 e. The number of fused-ring (bicyclic) bond motifs is 1. The van der Waals surface area contributed by atoms with E-state index in [4.69, 9.17) is 0 Å². The minimum atomic E-state index is -0.856. The van der Waals surface area contributed by atoms with E-state index < -0.39 is 17.6 Å². The second kappa shape index (κ2) is 4.73. The van der Waals surface area contributed by atoms with E-state index in [1.807, 2.05) is 0 Å². The summed E-state index contributed by atoms with van der Waals surface area (Å²) >= 11 is 0.811. The third kappa shape index (κ3) is 2.06. The Morgan fingerprint density at radius 1 is 1.22 bits per heavy atom. The molecule has 0 N–H and O–H groups in total. The van der Waals surface area contributed by atoms with Crippen molar-refractivity contribution in [1.82, 2.24) is 0 Å². The van der Waals surface area contributed by atoms with Crippen molar-refractivity contribution in [2.24, 2.45) is 0 Å². The maximum atomic E-state index is 11.8. The summed E-state index contributed by atoms with van der Waals surface area (Å²) < 4.78 is 0. The molecule has 0 spiro atoms. The molecule has 0 aliphatic carbocycles. The molecule has 1 aromatic carbocycles. The van der Waals surface area contributed by atoms with E-state index in [1.165, 1.54) is 19.1 Å². The van der Waals surface area contributed by atoms with Crippen molar-refractivity contribution in [3.8, 4) is 0 Å². The van der Waals surface area contributed by atoms with Crippen molar-refractivity contribution < 1.29 is 19.2 Å². The molecule has 0 fully saturated rings. The minimum absolute atomic E-state index is 0.150. The van der Waals surface area contributed by atoms with Crippen LogP contribution >= 0.6 is 11.8 Å². The summed E-state index contributed by atoms with van der Waals surface area (Å²) in [5, 5.41) is -0.213. The van der Waals surface area contributed by atoms with E-state index in [9.17, 15) is 19.2 Å². The number of hydrogen-bond donors (Lipinski definition) is 0. The molecule has 1 aliphatic heterocycles. The van der Waals surface area contributed by atoms with Crippen molar-refractivity contribution in [3.05, 3.63) is 29.8 Å². The number of anilines is 1. The number of carbonyl (C=O) groups is 4. The first-order valence-corrected chi connectivity index (χ1v) is 6.15. The summed E-state index contributed by atoms with van der Waals surface area (Å²) in [5.41, 5.74) is 0.519. The highest BCUT2D eigenvalue weighted by atomic mass is 32.2. The zero-order valence-corrected chi connectivity index (χ0v) is 10.3. The van der Waals surface area contributed by atoms with Crippen molar-refractivity contribution in [2.75, 3.05) is 10.7 Å². The van der Waals surface area contributed by atoms with Gasteiger partial charge in [-0.25, -0.2) is 4.90 Å². The summed E-state index contributed by atoms with van der Waals surface area (Å²) in [6.45, 7) is 1.34. The van der Waals surface area contributed by atoms with Gasteiger partial charge in [0.25, 0.3) is 5.78 Å². The van der Waals surface area contributed by atoms with E-state index in [-0.39, 0.29) is 16.4 Å². The lowest BCUT2D eigenvalue weighted by molar-refractivity contribution is -0.122. The lowest BCUT2D eigenvalue weighted by atomic mass is 10.1. The number of nitrogens with zero attached hydrogens (tertiary/aromatic N) is 1. The number of Topliss-reactive ketones (excluding diaryl/α,β-unsaturated/α-hetero) is 1. The number of imide groups is 1. The third-order valence-electron chi connectivity index (χ3n) is 2.44. The average molecular weight is 263 g/mol. The highest BCUT2D eigenvalue weighted by Crippen LogP contribution is 2.29. The molecule has 0 bridgehead atoms. The monoisotopic (exact) mass is 263 g/mol. The van der Waals surface area contributed by atoms with Crippen LogP contribution in [0.4, 0.5) is 5.69 Å². The molecule has 0 saturated heterocycles. The SMILES string of the molecule is CC(=O)SCC(=O)N1C(=O)C(=O)c2ccccc21. The van der Waals surface area contributed by atoms with Crippen LogP contribution in [-0.4, -0.2) is 28.5 Å². The smallest absolute Gasteiger partial charge is 0.288 e. The van der Waals surface area contributed by atoms with Crippen LogP contribution < -0.4 is 4.90 Å². The summed E-state index contributed by atoms with van der Waals surface area (Å²) in [5.74, 6) is -2.25. The maximum absolute atomic E-state index is 11.8. The quantitative estimate of drug-likeness (QED) is 0.745. The normalized spacial score (nSPS) is 13.7. The maximum Gasteiger partial charge on any atom is 0.306 e. The highest BCUT2D eigenvalue weighted by Gasteiger charge is 2.39. The molecule has 2 rings (SSSR count). The molecule has 0 radical (unpaired) electrons. The van der Waals surface area contributed by atoms with Crippen LogP contribution in [0.25, 0.3) is 0 Å². The summed E-state index contributed by atoms with van der Waals surface area (Å²) in [7, 11) is 0. The molecular weight excluding hydrogens is 254 g/mol. The summed E-state index contributed by atoms with van der Waals surface area (Å²) in [4.78, 5) is 46.8. The number of rotatable bonds is 2. The van der Waals surface area contributed by atoms with Crippen molar-refractivity contribution in [2.45, 2.75) is 6.92 Å². The Kier molecular flexibility index (Phi) is 3.29. The fourth-order valence-corrected chi connectivity index (χ4v) is 2.12. The Balaban J connectivity index is 2.29. The first kappa shape index (κ1) is 12.5. The molecule has 18 heavy (non-hydrogen) atoms. The van der Waals surface area contributed by atoms with Crippen LogP contribution in [-0.2, 0) is 14.4 Å². The van der Waals surface area contributed by atoms with Gasteiger partial charge in [0.2, 0.25) is 5.91 Å². The van der Waals surface area contributed by atoms with Gasteiger partial charge in [-0.2, -0.15) is 0 Å². The van der Waals surface area contributed by atoms with Gasteiger partial charge in [0.1, 0.15) is 0 Å². The van der Waals surface area contributed by atoms with E-state index in [1.54, 1.807) is 12.1 Å². The average Bonchev–Trinajstić information content (AvgIpc) is 2.60. The van der Waals surface area contributed by atoms with Gasteiger partial charge in [0, 0.05) is 6.92 Å². The van der Waals surface area contributed by atoms with Crippen LogP contribution in [0, 0.1) is 0 Å². The van der Waals surface area contributed by atoms with E-state index >= 15 is 0 Å². The number of benzene rings is 1. The fraction of sp³-hybridized carbons (Fsp3) is 0.167. The number of hydrogen-bond acceptors (Lipinski definition) is 5. The van der Waals surface area contributed by atoms with Gasteiger partial charge in [-0.3, -0.25) is 19.2 Å². The van der Waals surface area contributed by atoms with Crippen LogP contribution in [0.2, 0.25) is 0 Å². The molecule has 0 aromatic heterocycles. The molecule has 2 amide bonds. The molecule has 6 heteroatoms. The van der Waals surface area contributed by atoms with Crippen LogP contribution in [0.3, 0.4) is 0 Å². The van der Waals surface area contributed by atoms with Crippen LogP contribution in [0.1, 0.15) is 17.3 Å². The first-order valence-electron chi connectivity index (χ1n) is 5.16. The lowest BCUT2D eigenvalue weighted by Crippen LogP contribution is -2.37. The molecule has 1 aromatic rings. The van der Waals surface area contributed by atoms with Gasteiger partial charge in [-0.05, 0) is 12.1 Å². The van der Waals surface area contributed by atoms with Gasteiger partial charge < -0.3 is 0 Å². The number of carbonyl (C=O) groups excluding carboxylic acids is 4. The fourth-order valence-electron chi connectivity index (χ4n) is 1.66. The molecule has 1 aliphatic rings. The van der Waals surface area contributed by atoms with Crippen molar-refractivity contribution >= 4 is 40.2 Å².